The molecule has 3 nitrogen and oxygen atoms in total. The van der Waals surface area contributed by atoms with Gasteiger partial charge in [0, 0.05) is 38.0 Å². The average Bonchev–Trinajstić information content (AvgIpc) is 4.09. The van der Waals surface area contributed by atoms with Crippen LogP contribution in [-0.2, 0) is 0 Å². The summed E-state index contributed by atoms with van der Waals surface area (Å²) in [6.07, 6.45) is 0. The van der Waals surface area contributed by atoms with Gasteiger partial charge in [-0.05, 0) is 80.4 Å². The Kier molecular flexibility index (Phi) is 9.23. The molecule has 0 amide bonds. The van der Waals surface area contributed by atoms with Crippen molar-refractivity contribution in [2.24, 2.45) is 0 Å². The fourth-order valence-corrected chi connectivity index (χ4v) is 16.9. The predicted octanol–water partition coefficient (Wildman–Crippen LogP) is 14.0. The van der Waals surface area contributed by atoms with E-state index in [4.69, 9.17) is 0 Å². The lowest BCUT2D eigenvalue weighted by Gasteiger charge is -2.35. The maximum absolute atomic E-state index is 3.09. The van der Waals surface area contributed by atoms with E-state index >= 15 is 0 Å². The molecule has 14 rings (SSSR count). The van der Waals surface area contributed by atoms with E-state index in [-0.39, 0.29) is 0 Å². The highest BCUT2D eigenvalue weighted by Gasteiger charge is 2.44. The van der Waals surface area contributed by atoms with Crippen molar-refractivity contribution in [2.75, 3.05) is 0 Å². The number of aromatic nitrogens is 3. The van der Waals surface area contributed by atoms with E-state index in [1.165, 1.54) is 86.3 Å². The summed E-state index contributed by atoms with van der Waals surface area (Å²) in [6, 6.07) is 102. The first-order valence-corrected chi connectivity index (χ1v) is 26.2. The Hall–Kier alpha value is -8.96. The first-order valence-electron chi connectivity index (χ1n) is 24.2. The molecule has 0 N–H and O–H groups in total. The average molecular weight is 908 g/mol. The van der Waals surface area contributed by atoms with Crippen molar-refractivity contribution < 1.29 is 0 Å². The van der Waals surface area contributed by atoms with Gasteiger partial charge in [-0.25, -0.2) is 0 Å². The largest absolute Gasteiger partial charge is 0.307 e. The maximum Gasteiger partial charge on any atom is 0.180 e. The molecule has 70 heavy (non-hydrogen) atoms. The lowest BCUT2D eigenvalue weighted by molar-refractivity contribution is 1.11. The summed E-state index contributed by atoms with van der Waals surface area (Å²) in [5, 5.41) is 12.8. The lowest BCUT2D eigenvalue weighted by atomic mass is 10.1. The number of nitrogens with zero attached hydrogens (tertiary/aromatic N) is 3. The third kappa shape index (κ3) is 5.87. The van der Waals surface area contributed by atoms with Crippen molar-refractivity contribution >= 4 is 94.2 Å². The second kappa shape index (κ2) is 16.1. The molecule has 0 aliphatic rings. The molecular formula is C66H45N3Si. The molecule has 0 saturated heterocycles. The van der Waals surface area contributed by atoms with E-state index in [2.05, 4.69) is 287 Å². The molecule has 0 radical (unpaired) electrons. The maximum atomic E-state index is 2.61. The topological polar surface area (TPSA) is 14.8 Å². The van der Waals surface area contributed by atoms with Gasteiger partial charge in [0.15, 0.2) is 8.07 Å². The molecule has 11 aromatic carbocycles. The SMILES string of the molecule is c1ccc(-c2ccc(-n3c4ccccc4c4cccc(-n5c6ccccc6c6c([Si](c7ccccc7)(c7ccccc7)c7ccccc7)ccc(-n7c8ccccc8c8ccccc87)c65)c43)cc2)cc1. The zero-order valence-corrected chi connectivity index (χ0v) is 39.3. The highest BCUT2D eigenvalue weighted by atomic mass is 28.3. The van der Waals surface area contributed by atoms with Crippen LogP contribution < -0.4 is 20.7 Å². The molecule has 3 heterocycles. The number of benzene rings is 11. The monoisotopic (exact) mass is 907 g/mol. The number of rotatable bonds is 8. The molecule has 328 valence electrons. The summed E-state index contributed by atoms with van der Waals surface area (Å²) in [5.74, 6) is 0. The predicted molar refractivity (Wildman–Crippen MR) is 299 cm³/mol. The van der Waals surface area contributed by atoms with Gasteiger partial charge < -0.3 is 13.7 Å². The smallest absolute Gasteiger partial charge is 0.180 e. The molecule has 0 aliphatic heterocycles. The fourth-order valence-electron chi connectivity index (χ4n) is 11.9. The number of hydrogen-bond donors (Lipinski definition) is 0. The van der Waals surface area contributed by atoms with Gasteiger partial charge in [0.05, 0.1) is 44.5 Å². The highest BCUT2D eigenvalue weighted by molar-refractivity contribution is 7.20. The van der Waals surface area contributed by atoms with Gasteiger partial charge in [-0.1, -0.05) is 224 Å². The minimum atomic E-state index is -3.09. The van der Waals surface area contributed by atoms with Crippen LogP contribution in [0.25, 0.3) is 93.6 Å². The second-order valence-corrected chi connectivity index (χ2v) is 22.1. The summed E-state index contributed by atoms with van der Waals surface area (Å²) in [5.41, 5.74) is 12.8. The Balaban J connectivity index is 1.19. The Morgan fingerprint density at radius 3 is 1.19 bits per heavy atom. The molecule has 0 spiro atoms. The molecule has 0 fully saturated rings. The van der Waals surface area contributed by atoms with Crippen LogP contribution in [-0.4, -0.2) is 21.8 Å². The van der Waals surface area contributed by atoms with Crippen LogP contribution in [0.4, 0.5) is 0 Å². The van der Waals surface area contributed by atoms with Gasteiger partial charge in [0.2, 0.25) is 0 Å². The Bertz CT molecular complexity index is 4110. The summed E-state index contributed by atoms with van der Waals surface area (Å²) in [7, 11) is -3.09. The minimum Gasteiger partial charge on any atom is -0.307 e. The van der Waals surface area contributed by atoms with Crippen molar-refractivity contribution in [3.8, 4) is 28.2 Å². The van der Waals surface area contributed by atoms with Crippen LogP contribution in [0, 0.1) is 0 Å². The highest BCUT2D eigenvalue weighted by Crippen LogP contribution is 2.43. The van der Waals surface area contributed by atoms with E-state index < -0.39 is 8.07 Å². The fraction of sp³-hybridized carbons (Fsp3) is 0. The molecule has 0 atom stereocenters. The molecule has 0 bridgehead atoms. The molecule has 14 aromatic rings. The third-order valence-corrected chi connectivity index (χ3v) is 19.6. The van der Waals surface area contributed by atoms with E-state index in [1.807, 2.05) is 0 Å². The molecule has 0 aliphatic carbocycles. The minimum absolute atomic E-state index is 1.12. The third-order valence-electron chi connectivity index (χ3n) is 14.8. The van der Waals surface area contributed by atoms with Crippen LogP contribution in [0.2, 0.25) is 0 Å². The number of para-hydroxylation sites is 5. The van der Waals surface area contributed by atoms with Crippen molar-refractivity contribution in [2.45, 2.75) is 0 Å². The standard InChI is InChI=1S/C66H45N3Si/c1-5-22-46(23-6-1)47-40-42-48(43-41-47)67-57-35-17-15-32-54(57)55-34-21-39-61(65(55)67)69-60-38-20-16-33-56(60)64-63(45-44-62(66(64)69)68-58-36-18-13-30-52(58)53-31-14-19-37-59(53)68)70(49-24-7-2-8-25-49,50-26-9-3-10-27-50)51-28-11-4-12-29-51/h1-45H. The lowest BCUT2D eigenvalue weighted by Crippen LogP contribution is -2.74. The Morgan fingerprint density at radius 2 is 0.643 bits per heavy atom. The number of fused-ring (bicyclic) bond motifs is 9. The van der Waals surface area contributed by atoms with E-state index in [9.17, 15) is 0 Å². The molecule has 0 unspecified atom stereocenters. The van der Waals surface area contributed by atoms with Crippen LogP contribution in [0.15, 0.2) is 273 Å². The Labute approximate surface area is 407 Å². The quantitative estimate of drug-likeness (QED) is 0.107. The summed E-state index contributed by atoms with van der Waals surface area (Å²) in [4.78, 5) is 0. The van der Waals surface area contributed by atoms with Crippen LogP contribution in [0.3, 0.4) is 0 Å². The first kappa shape index (κ1) is 40.1. The van der Waals surface area contributed by atoms with Crippen molar-refractivity contribution in [1.82, 2.24) is 13.7 Å². The summed E-state index contributed by atoms with van der Waals surface area (Å²) >= 11 is 0. The molecule has 4 heteroatoms. The van der Waals surface area contributed by atoms with Gasteiger partial charge in [0.1, 0.15) is 0 Å². The normalized spacial score (nSPS) is 12.0. The van der Waals surface area contributed by atoms with Crippen molar-refractivity contribution in [1.29, 1.82) is 0 Å². The first-order chi connectivity index (χ1) is 34.8. The van der Waals surface area contributed by atoms with Crippen molar-refractivity contribution in [3.05, 3.63) is 273 Å². The van der Waals surface area contributed by atoms with Gasteiger partial charge >= 0.3 is 0 Å². The van der Waals surface area contributed by atoms with Gasteiger partial charge in [0.25, 0.3) is 0 Å². The molecular weight excluding hydrogens is 863 g/mol. The van der Waals surface area contributed by atoms with E-state index in [0.29, 0.717) is 0 Å². The van der Waals surface area contributed by atoms with E-state index in [1.54, 1.807) is 0 Å². The second-order valence-electron chi connectivity index (χ2n) is 18.4. The van der Waals surface area contributed by atoms with Crippen LogP contribution in [0.5, 0.6) is 0 Å². The van der Waals surface area contributed by atoms with Crippen molar-refractivity contribution in [3.63, 3.8) is 0 Å². The number of hydrogen-bond acceptors (Lipinski definition) is 0. The zero-order chi connectivity index (χ0) is 46.2. The summed E-state index contributed by atoms with van der Waals surface area (Å²) in [6.45, 7) is 0. The van der Waals surface area contributed by atoms with Gasteiger partial charge in [-0.3, -0.25) is 0 Å². The molecule has 3 aromatic heterocycles. The van der Waals surface area contributed by atoms with Crippen LogP contribution >= 0.6 is 0 Å². The summed E-state index contributed by atoms with van der Waals surface area (Å²) < 4.78 is 7.64. The van der Waals surface area contributed by atoms with Gasteiger partial charge in [-0.15, -0.1) is 0 Å². The van der Waals surface area contributed by atoms with Gasteiger partial charge in [-0.2, -0.15) is 0 Å². The van der Waals surface area contributed by atoms with Crippen LogP contribution in [0.1, 0.15) is 0 Å². The van der Waals surface area contributed by atoms with E-state index in [0.717, 1.165) is 28.1 Å². The Morgan fingerprint density at radius 1 is 0.243 bits per heavy atom. The zero-order valence-electron chi connectivity index (χ0n) is 38.3. The molecule has 0 saturated carbocycles.